The molecule has 0 unspecified atom stereocenters. The molecule has 0 saturated carbocycles. The molecular formula is C21H24O6. The fourth-order valence-corrected chi connectivity index (χ4v) is 2.52. The van der Waals surface area contributed by atoms with E-state index in [2.05, 4.69) is 0 Å². The number of carbonyl (C=O) groups is 1. The highest BCUT2D eigenvalue weighted by Crippen LogP contribution is 2.39. The Bertz CT molecular complexity index is 800. The Labute approximate surface area is 159 Å². The largest absolute Gasteiger partial charge is 0.493 e. The molecule has 144 valence electrons. The van der Waals surface area contributed by atoms with Crippen LogP contribution in [0.25, 0.3) is 6.08 Å². The lowest BCUT2D eigenvalue weighted by Crippen LogP contribution is -2.06. The molecule has 6 heteroatoms. The fraction of sp³-hybridized carbons (Fsp3) is 0.286. The number of methoxy groups -OCH3 is 3. The summed E-state index contributed by atoms with van der Waals surface area (Å²) >= 11 is 0. The van der Waals surface area contributed by atoms with Crippen LogP contribution in [-0.2, 0) is 11.4 Å². The van der Waals surface area contributed by atoms with Gasteiger partial charge in [0.15, 0.2) is 23.0 Å². The summed E-state index contributed by atoms with van der Waals surface area (Å²) in [6.07, 6.45) is 3.94. The van der Waals surface area contributed by atoms with E-state index in [1.165, 1.54) is 21.1 Å². The smallest absolute Gasteiger partial charge is 0.308 e. The molecule has 0 N–H and O–H groups in total. The maximum atomic E-state index is 11.3. The van der Waals surface area contributed by atoms with Crippen molar-refractivity contribution in [2.45, 2.75) is 20.5 Å². The van der Waals surface area contributed by atoms with Crippen LogP contribution in [-0.4, -0.2) is 27.3 Å². The van der Waals surface area contributed by atoms with E-state index in [0.29, 0.717) is 23.0 Å². The zero-order valence-electron chi connectivity index (χ0n) is 16.2. The van der Waals surface area contributed by atoms with E-state index in [0.717, 1.165) is 11.1 Å². The van der Waals surface area contributed by atoms with Crippen molar-refractivity contribution >= 4 is 12.0 Å². The second-order valence-corrected chi connectivity index (χ2v) is 5.62. The van der Waals surface area contributed by atoms with Gasteiger partial charge in [0.05, 0.1) is 21.3 Å². The number of hydrogen-bond donors (Lipinski definition) is 0. The molecule has 0 atom stereocenters. The van der Waals surface area contributed by atoms with Crippen LogP contribution in [0, 0.1) is 0 Å². The van der Waals surface area contributed by atoms with E-state index in [-0.39, 0.29) is 12.4 Å². The molecule has 0 saturated heterocycles. The Morgan fingerprint density at radius 3 is 2.07 bits per heavy atom. The van der Waals surface area contributed by atoms with E-state index in [9.17, 15) is 4.79 Å². The molecule has 0 fully saturated rings. The zero-order valence-corrected chi connectivity index (χ0v) is 16.2. The van der Waals surface area contributed by atoms with Crippen LogP contribution in [0.5, 0.6) is 28.7 Å². The minimum Gasteiger partial charge on any atom is -0.493 e. The molecule has 0 spiro atoms. The zero-order chi connectivity index (χ0) is 19.8. The van der Waals surface area contributed by atoms with Crippen molar-refractivity contribution in [3.63, 3.8) is 0 Å². The Kier molecular flexibility index (Phi) is 7.11. The van der Waals surface area contributed by atoms with E-state index >= 15 is 0 Å². The van der Waals surface area contributed by atoms with E-state index in [4.69, 9.17) is 23.7 Å². The molecule has 27 heavy (non-hydrogen) atoms. The summed E-state index contributed by atoms with van der Waals surface area (Å²) in [4.78, 5) is 11.3. The highest BCUT2D eigenvalue weighted by atomic mass is 16.6. The second-order valence-electron chi connectivity index (χ2n) is 5.62. The molecule has 0 aliphatic carbocycles. The van der Waals surface area contributed by atoms with Crippen LogP contribution in [0.3, 0.4) is 0 Å². The maximum Gasteiger partial charge on any atom is 0.308 e. The Balaban J connectivity index is 2.26. The topological polar surface area (TPSA) is 63.2 Å². The highest BCUT2D eigenvalue weighted by Gasteiger charge is 2.17. The molecular weight excluding hydrogens is 348 g/mol. The number of ether oxygens (including phenoxy) is 5. The van der Waals surface area contributed by atoms with Crippen LogP contribution in [0.1, 0.15) is 25.0 Å². The minimum absolute atomic E-state index is 0.240. The monoisotopic (exact) mass is 372 g/mol. The molecule has 0 bridgehead atoms. The third-order valence-electron chi connectivity index (χ3n) is 3.71. The fourth-order valence-electron chi connectivity index (χ4n) is 2.52. The van der Waals surface area contributed by atoms with Crippen molar-refractivity contribution in [2.75, 3.05) is 21.3 Å². The van der Waals surface area contributed by atoms with Crippen LogP contribution in [0.15, 0.2) is 36.4 Å². The lowest BCUT2D eigenvalue weighted by molar-refractivity contribution is -0.132. The summed E-state index contributed by atoms with van der Waals surface area (Å²) in [6.45, 7) is 3.53. The summed E-state index contributed by atoms with van der Waals surface area (Å²) in [5.74, 6) is 1.82. The van der Waals surface area contributed by atoms with Gasteiger partial charge in [0.1, 0.15) is 6.61 Å². The van der Waals surface area contributed by atoms with Crippen LogP contribution in [0.2, 0.25) is 0 Å². The van der Waals surface area contributed by atoms with Gasteiger partial charge in [-0.1, -0.05) is 18.2 Å². The summed E-state index contributed by atoms with van der Waals surface area (Å²) < 4.78 is 27.1. The van der Waals surface area contributed by atoms with Crippen molar-refractivity contribution in [1.29, 1.82) is 0 Å². The van der Waals surface area contributed by atoms with Gasteiger partial charge < -0.3 is 23.7 Å². The van der Waals surface area contributed by atoms with Crippen molar-refractivity contribution in [1.82, 2.24) is 0 Å². The highest BCUT2D eigenvalue weighted by molar-refractivity contribution is 5.72. The second kappa shape index (κ2) is 9.52. The Morgan fingerprint density at radius 2 is 1.56 bits per heavy atom. The third kappa shape index (κ3) is 5.17. The molecule has 0 aliphatic heterocycles. The third-order valence-corrected chi connectivity index (χ3v) is 3.71. The first-order valence-electron chi connectivity index (χ1n) is 8.39. The SMILES string of the molecule is C/C=C\c1ccc(OCc2cc(OC)c(OC(C)=O)c(OC)c2)c(OC)c1. The van der Waals surface area contributed by atoms with Crippen molar-refractivity contribution in [3.05, 3.63) is 47.5 Å². The normalized spacial score (nSPS) is 10.6. The van der Waals surface area contributed by atoms with Gasteiger partial charge in [-0.05, 0) is 42.3 Å². The van der Waals surface area contributed by atoms with Gasteiger partial charge in [0.25, 0.3) is 0 Å². The van der Waals surface area contributed by atoms with Gasteiger partial charge in [-0.25, -0.2) is 0 Å². The molecule has 6 nitrogen and oxygen atoms in total. The Morgan fingerprint density at radius 1 is 0.926 bits per heavy atom. The predicted molar refractivity (Wildman–Crippen MR) is 103 cm³/mol. The van der Waals surface area contributed by atoms with E-state index < -0.39 is 5.97 Å². The molecule has 0 radical (unpaired) electrons. The first kappa shape index (κ1) is 20.2. The van der Waals surface area contributed by atoms with E-state index in [1.807, 2.05) is 37.3 Å². The lowest BCUT2D eigenvalue weighted by Gasteiger charge is -2.15. The summed E-state index contributed by atoms with van der Waals surface area (Å²) in [5, 5.41) is 0. The maximum absolute atomic E-state index is 11.3. The van der Waals surface area contributed by atoms with Gasteiger partial charge in [-0.15, -0.1) is 0 Å². The van der Waals surface area contributed by atoms with E-state index in [1.54, 1.807) is 19.2 Å². The van der Waals surface area contributed by atoms with Crippen LogP contribution in [0.4, 0.5) is 0 Å². The number of rotatable bonds is 8. The molecule has 0 heterocycles. The standard InChI is InChI=1S/C21H24O6/c1-6-7-15-8-9-17(18(10-15)23-3)26-13-16-11-19(24-4)21(27-14(2)22)20(12-16)25-5/h6-12H,13H2,1-5H3/b7-6-. The summed E-state index contributed by atoms with van der Waals surface area (Å²) in [7, 11) is 4.59. The first-order chi connectivity index (χ1) is 13.0. The van der Waals surface area contributed by atoms with Gasteiger partial charge in [-0.3, -0.25) is 4.79 Å². The minimum atomic E-state index is -0.457. The van der Waals surface area contributed by atoms with Gasteiger partial charge in [0, 0.05) is 6.92 Å². The molecule has 2 aromatic carbocycles. The molecule has 2 aromatic rings. The predicted octanol–water partition coefficient (Wildman–Crippen LogP) is 4.25. The van der Waals surface area contributed by atoms with Crippen molar-refractivity contribution < 1.29 is 28.5 Å². The van der Waals surface area contributed by atoms with Gasteiger partial charge >= 0.3 is 5.97 Å². The molecule has 0 aromatic heterocycles. The van der Waals surface area contributed by atoms with Crippen molar-refractivity contribution in [3.8, 4) is 28.7 Å². The molecule has 0 amide bonds. The molecule has 2 rings (SSSR count). The number of hydrogen-bond acceptors (Lipinski definition) is 6. The quantitative estimate of drug-likeness (QED) is 0.510. The number of carbonyl (C=O) groups excluding carboxylic acids is 1. The number of allylic oxidation sites excluding steroid dienone is 1. The number of esters is 1. The van der Waals surface area contributed by atoms with Gasteiger partial charge in [-0.2, -0.15) is 0 Å². The van der Waals surface area contributed by atoms with Crippen LogP contribution < -0.4 is 23.7 Å². The first-order valence-corrected chi connectivity index (χ1v) is 8.39. The summed E-state index contributed by atoms with van der Waals surface area (Å²) in [5.41, 5.74) is 1.81. The lowest BCUT2D eigenvalue weighted by atomic mass is 10.1. The molecule has 0 aliphatic rings. The Hall–Kier alpha value is -3.15. The van der Waals surface area contributed by atoms with Gasteiger partial charge in [0.2, 0.25) is 5.75 Å². The summed E-state index contributed by atoms with van der Waals surface area (Å²) in [6, 6.07) is 9.18. The average Bonchev–Trinajstić information content (AvgIpc) is 2.67. The van der Waals surface area contributed by atoms with Crippen molar-refractivity contribution in [2.24, 2.45) is 0 Å². The number of benzene rings is 2. The average molecular weight is 372 g/mol. The van der Waals surface area contributed by atoms with Crippen LogP contribution >= 0.6 is 0 Å².